The van der Waals surface area contributed by atoms with E-state index in [-0.39, 0.29) is 11.9 Å². The van der Waals surface area contributed by atoms with E-state index >= 15 is 0 Å². The maximum absolute atomic E-state index is 12.7. The second kappa shape index (κ2) is 6.07. The number of nitrogens with zero attached hydrogens (tertiary/aromatic N) is 4. The van der Waals surface area contributed by atoms with Crippen LogP contribution in [-0.4, -0.2) is 59.5 Å². The SMILES string of the molecule is Cc1cc(C(=O)NC2CN3CCC2CC3)nc(N2CCCC2)n1. The molecule has 5 heterocycles. The van der Waals surface area contributed by atoms with Crippen LogP contribution >= 0.6 is 0 Å². The first-order valence-electron chi connectivity index (χ1n) is 8.83. The smallest absolute Gasteiger partial charge is 0.270 e. The lowest BCUT2D eigenvalue weighted by atomic mass is 9.84. The molecule has 0 saturated carbocycles. The first-order chi connectivity index (χ1) is 11.2. The zero-order chi connectivity index (χ0) is 15.8. The van der Waals surface area contributed by atoms with Gasteiger partial charge in [0.25, 0.3) is 5.91 Å². The van der Waals surface area contributed by atoms with Crippen LogP contribution in [0.5, 0.6) is 0 Å². The Morgan fingerprint density at radius 1 is 1.17 bits per heavy atom. The van der Waals surface area contributed by atoms with E-state index in [9.17, 15) is 4.79 Å². The molecule has 0 aliphatic carbocycles. The number of aromatic nitrogens is 2. The first kappa shape index (κ1) is 14.9. The molecule has 0 spiro atoms. The topological polar surface area (TPSA) is 61.4 Å². The van der Waals surface area contributed by atoms with Gasteiger partial charge in [-0.05, 0) is 57.7 Å². The van der Waals surface area contributed by atoms with Crippen LogP contribution in [0.25, 0.3) is 0 Å². The van der Waals surface area contributed by atoms with Gasteiger partial charge in [-0.2, -0.15) is 0 Å². The third-order valence-corrected chi connectivity index (χ3v) is 5.44. The molecule has 1 N–H and O–H groups in total. The Kier molecular flexibility index (Phi) is 3.93. The van der Waals surface area contributed by atoms with Gasteiger partial charge in [-0.1, -0.05) is 0 Å². The molecule has 4 aliphatic rings. The van der Waals surface area contributed by atoms with Crippen LogP contribution < -0.4 is 10.2 Å². The first-order valence-corrected chi connectivity index (χ1v) is 8.83. The molecule has 1 atom stereocenters. The van der Waals surface area contributed by atoms with Crippen LogP contribution in [0, 0.1) is 12.8 Å². The van der Waals surface area contributed by atoms with Gasteiger partial charge >= 0.3 is 0 Å². The number of nitrogens with one attached hydrogen (secondary N) is 1. The average Bonchev–Trinajstić information content (AvgIpc) is 3.10. The number of amides is 1. The molecule has 1 amide bonds. The average molecular weight is 315 g/mol. The molecule has 2 bridgehead atoms. The summed E-state index contributed by atoms with van der Waals surface area (Å²) in [7, 11) is 0. The van der Waals surface area contributed by atoms with Crippen LogP contribution in [-0.2, 0) is 0 Å². The zero-order valence-electron chi connectivity index (χ0n) is 13.8. The molecule has 4 fully saturated rings. The van der Waals surface area contributed by atoms with Crippen molar-refractivity contribution in [3.63, 3.8) is 0 Å². The van der Waals surface area contributed by atoms with Gasteiger partial charge in [-0.15, -0.1) is 0 Å². The van der Waals surface area contributed by atoms with E-state index in [1.807, 2.05) is 6.92 Å². The Morgan fingerprint density at radius 3 is 2.57 bits per heavy atom. The summed E-state index contributed by atoms with van der Waals surface area (Å²) in [6.45, 7) is 7.27. The third kappa shape index (κ3) is 3.04. The van der Waals surface area contributed by atoms with E-state index in [0.29, 0.717) is 17.6 Å². The Balaban J connectivity index is 1.49. The number of fused-ring (bicyclic) bond motifs is 3. The van der Waals surface area contributed by atoms with Gasteiger partial charge in [0.15, 0.2) is 0 Å². The summed E-state index contributed by atoms with van der Waals surface area (Å²) in [6, 6.07) is 2.08. The summed E-state index contributed by atoms with van der Waals surface area (Å²) in [5.74, 6) is 1.29. The molecule has 1 unspecified atom stereocenters. The third-order valence-electron chi connectivity index (χ3n) is 5.44. The highest BCUT2D eigenvalue weighted by molar-refractivity contribution is 5.92. The molecule has 23 heavy (non-hydrogen) atoms. The summed E-state index contributed by atoms with van der Waals surface area (Å²) < 4.78 is 0. The minimum absolute atomic E-state index is 0.0466. The molecule has 1 aromatic heterocycles. The number of carbonyl (C=O) groups excluding carboxylic acids is 1. The highest BCUT2D eigenvalue weighted by Gasteiger charge is 2.35. The molecule has 6 nitrogen and oxygen atoms in total. The second-order valence-electron chi connectivity index (χ2n) is 7.11. The van der Waals surface area contributed by atoms with Gasteiger partial charge in [0.2, 0.25) is 5.95 Å². The molecule has 0 radical (unpaired) electrons. The Bertz CT molecular complexity index is 591. The fourth-order valence-electron chi connectivity index (χ4n) is 4.10. The molecule has 5 rings (SSSR count). The van der Waals surface area contributed by atoms with Crippen molar-refractivity contribution in [1.82, 2.24) is 20.2 Å². The number of hydrogen-bond donors (Lipinski definition) is 1. The lowest BCUT2D eigenvalue weighted by Gasteiger charge is -2.44. The highest BCUT2D eigenvalue weighted by Crippen LogP contribution is 2.27. The van der Waals surface area contributed by atoms with Crippen LogP contribution in [0.2, 0.25) is 0 Å². The van der Waals surface area contributed by atoms with Crippen molar-refractivity contribution >= 4 is 11.9 Å². The van der Waals surface area contributed by atoms with E-state index in [0.717, 1.165) is 25.3 Å². The largest absolute Gasteiger partial charge is 0.346 e. The minimum atomic E-state index is -0.0466. The van der Waals surface area contributed by atoms with Crippen molar-refractivity contribution in [2.24, 2.45) is 5.92 Å². The normalized spacial score (nSPS) is 29.8. The van der Waals surface area contributed by atoms with E-state index in [4.69, 9.17) is 0 Å². The van der Waals surface area contributed by atoms with Gasteiger partial charge in [-0.25, -0.2) is 9.97 Å². The van der Waals surface area contributed by atoms with Crippen LogP contribution in [0.15, 0.2) is 6.07 Å². The number of anilines is 1. The maximum atomic E-state index is 12.7. The van der Waals surface area contributed by atoms with Gasteiger partial charge in [-0.3, -0.25) is 4.79 Å². The zero-order valence-corrected chi connectivity index (χ0v) is 13.8. The molecule has 6 heteroatoms. The monoisotopic (exact) mass is 315 g/mol. The molecule has 0 aromatic carbocycles. The van der Waals surface area contributed by atoms with Gasteiger partial charge in [0, 0.05) is 31.4 Å². The summed E-state index contributed by atoms with van der Waals surface area (Å²) in [4.78, 5) is 26.3. The predicted molar refractivity (Wildman–Crippen MR) is 88.6 cm³/mol. The Morgan fingerprint density at radius 2 is 1.91 bits per heavy atom. The van der Waals surface area contributed by atoms with Crippen LogP contribution in [0.3, 0.4) is 0 Å². The van der Waals surface area contributed by atoms with Crippen LogP contribution in [0.4, 0.5) is 5.95 Å². The molecule has 4 aliphatic heterocycles. The number of hydrogen-bond acceptors (Lipinski definition) is 5. The van der Waals surface area contributed by atoms with Crippen molar-refractivity contribution in [3.8, 4) is 0 Å². The summed E-state index contributed by atoms with van der Waals surface area (Å²) in [6.07, 6.45) is 4.76. The highest BCUT2D eigenvalue weighted by atomic mass is 16.2. The second-order valence-corrected chi connectivity index (χ2v) is 7.11. The fraction of sp³-hybridized carbons (Fsp3) is 0.706. The van der Waals surface area contributed by atoms with Crippen molar-refractivity contribution in [3.05, 3.63) is 17.5 Å². The van der Waals surface area contributed by atoms with E-state index in [1.165, 1.54) is 38.8 Å². The van der Waals surface area contributed by atoms with Crippen molar-refractivity contribution in [2.45, 2.75) is 38.6 Å². The minimum Gasteiger partial charge on any atom is -0.346 e. The lowest BCUT2D eigenvalue weighted by Crippen LogP contribution is -2.57. The molecule has 124 valence electrons. The van der Waals surface area contributed by atoms with E-state index < -0.39 is 0 Å². The molecular formula is C17H25N5O. The van der Waals surface area contributed by atoms with Crippen LogP contribution in [0.1, 0.15) is 41.9 Å². The van der Waals surface area contributed by atoms with Crippen molar-refractivity contribution in [2.75, 3.05) is 37.6 Å². The number of aryl methyl sites for hydroxylation is 1. The van der Waals surface area contributed by atoms with Gasteiger partial charge in [0.05, 0.1) is 0 Å². The van der Waals surface area contributed by atoms with Crippen molar-refractivity contribution < 1.29 is 4.79 Å². The maximum Gasteiger partial charge on any atom is 0.270 e. The molecule has 1 aromatic rings. The van der Waals surface area contributed by atoms with E-state index in [1.54, 1.807) is 6.07 Å². The lowest BCUT2D eigenvalue weighted by molar-refractivity contribution is 0.0617. The van der Waals surface area contributed by atoms with E-state index in [2.05, 4.69) is 25.1 Å². The quantitative estimate of drug-likeness (QED) is 0.908. The number of rotatable bonds is 3. The fourth-order valence-corrected chi connectivity index (χ4v) is 4.10. The Hall–Kier alpha value is -1.69. The predicted octanol–water partition coefficient (Wildman–Crippen LogP) is 1.21. The number of carbonyl (C=O) groups is 1. The number of piperidine rings is 3. The standard InChI is InChI=1S/C17H25N5O/c1-12-10-14(20-17(18-12)22-6-2-3-7-22)16(23)19-15-11-21-8-4-13(15)5-9-21/h10,13,15H,2-9,11H2,1H3,(H,19,23). The van der Waals surface area contributed by atoms with Crippen molar-refractivity contribution in [1.29, 1.82) is 0 Å². The summed E-state index contributed by atoms with van der Waals surface area (Å²) in [5, 5.41) is 3.22. The van der Waals surface area contributed by atoms with Gasteiger partial charge < -0.3 is 15.1 Å². The molecular weight excluding hydrogens is 290 g/mol. The van der Waals surface area contributed by atoms with Gasteiger partial charge in [0.1, 0.15) is 5.69 Å². The molecule has 4 saturated heterocycles. The summed E-state index contributed by atoms with van der Waals surface area (Å²) >= 11 is 0. The summed E-state index contributed by atoms with van der Waals surface area (Å²) in [5.41, 5.74) is 1.37. The Labute approximate surface area is 137 Å².